The maximum Gasteiger partial charge on any atom is 0.135 e. The number of anilines is 1. The molecular weight excluding hydrogens is 212 g/mol. The smallest absolute Gasteiger partial charge is 0.135 e. The van der Waals surface area contributed by atoms with Gasteiger partial charge in [0.2, 0.25) is 0 Å². The fourth-order valence-corrected chi connectivity index (χ4v) is 2.76. The van der Waals surface area contributed by atoms with Crippen LogP contribution < -0.4 is 4.90 Å². The molecule has 0 spiro atoms. The van der Waals surface area contributed by atoms with Gasteiger partial charge in [0.15, 0.2) is 0 Å². The number of nitrogens with zero attached hydrogens (tertiary/aromatic N) is 2. The molecule has 0 bridgehead atoms. The summed E-state index contributed by atoms with van der Waals surface area (Å²) in [6, 6.07) is 2.04. The predicted octanol–water partition coefficient (Wildman–Crippen LogP) is 2.57. The van der Waals surface area contributed by atoms with E-state index < -0.39 is 0 Å². The second kappa shape index (κ2) is 4.30. The molecular formula is C14H22N2O. The molecule has 1 fully saturated rings. The van der Waals surface area contributed by atoms with Crippen LogP contribution in [0.15, 0.2) is 6.07 Å². The summed E-state index contributed by atoms with van der Waals surface area (Å²) in [6.07, 6.45) is 2.39. The zero-order valence-electron chi connectivity index (χ0n) is 11.2. The van der Waals surface area contributed by atoms with Crippen LogP contribution in [0.2, 0.25) is 0 Å². The first-order valence-corrected chi connectivity index (χ1v) is 6.31. The molecule has 94 valence electrons. The largest absolute Gasteiger partial charge is 0.392 e. The van der Waals surface area contributed by atoms with Crippen LogP contribution in [-0.2, 0) is 6.61 Å². The van der Waals surface area contributed by atoms with Gasteiger partial charge < -0.3 is 10.0 Å². The molecule has 0 atom stereocenters. The highest BCUT2D eigenvalue weighted by Crippen LogP contribution is 2.35. The zero-order valence-corrected chi connectivity index (χ0v) is 11.2. The Kier molecular flexibility index (Phi) is 3.13. The molecule has 0 radical (unpaired) electrons. The van der Waals surface area contributed by atoms with Crippen molar-refractivity contribution < 1.29 is 5.11 Å². The fraction of sp³-hybridized carbons (Fsp3) is 0.643. The van der Waals surface area contributed by atoms with Crippen molar-refractivity contribution >= 4 is 5.82 Å². The minimum absolute atomic E-state index is 0.0705. The van der Waals surface area contributed by atoms with Gasteiger partial charge in [-0.05, 0) is 52.2 Å². The second-order valence-electron chi connectivity index (χ2n) is 5.61. The maximum absolute atomic E-state index is 9.55. The number of pyridine rings is 1. The molecule has 0 aliphatic carbocycles. The van der Waals surface area contributed by atoms with Crippen molar-refractivity contribution in [2.75, 3.05) is 11.4 Å². The van der Waals surface area contributed by atoms with Gasteiger partial charge in [0.05, 0.1) is 6.61 Å². The van der Waals surface area contributed by atoms with E-state index in [0.717, 1.165) is 29.2 Å². The van der Waals surface area contributed by atoms with Crippen LogP contribution in [0.1, 0.15) is 43.5 Å². The summed E-state index contributed by atoms with van der Waals surface area (Å²) in [4.78, 5) is 6.99. The molecule has 1 aromatic rings. The number of hydrogen-bond acceptors (Lipinski definition) is 3. The van der Waals surface area contributed by atoms with E-state index in [2.05, 4.69) is 23.7 Å². The molecule has 3 nitrogen and oxygen atoms in total. The van der Waals surface area contributed by atoms with Crippen LogP contribution in [0.3, 0.4) is 0 Å². The molecule has 2 heterocycles. The summed E-state index contributed by atoms with van der Waals surface area (Å²) < 4.78 is 0. The molecule has 1 N–H and O–H groups in total. The van der Waals surface area contributed by atoms with Crippen molar-refractivity contribution in [1.29, 1.82) is 0 Å². The van der Waals surface area contributed by atoms with Crippen LogP contribution in [0.4, 0.5) is 5.82 Å². The number of rotatable bonds is 2. The van der Waals surface area contributed by atoms with E-state index in [0.29, 0.717) is 0 Å². The van der Waals surface area contributed by atoms with Crippen molar-refractivity contribution in [2.45, 2.75) is 52.7 Å². The number of aromatic nitrogens is 1. The average molecular weight is 234 g/mol. The third-order valence-corrected chi connectivity index (χ3v) is 3.77. The lowest BCUT2D eigenvalue weighted by molar-refractivity contribution is 0.280. The first-order chi connectivity index (χ1) is 7.95. The first-order valence-electron chi connectivity index (χ1n) is 6.31. The highest BCUT2D eigenvalue weighted by molar-refractivity contribution is 5.54. The van der Waals surface area contributed by atoms with E-state index in [1.54, 1.807) is 0 Å². The standard InChI is InChI=1S/C14H22N2O/c1-10-8-11(2)15-13(12(10)9-17)16-7-5-6-14(16,3)4/h8,17H,5-7,9H2,1-4H3. The van der Waals surface area contributed by atoms with E-state index in [-0.39, 0.29) is 12.1 Å². The van der Waals surface area contributed by atoms with Gasteiger partial charge in [-0.2, -0.15) is 0 Å². The monoisotopic (exact) mass is 234 g/mol. The molecule has 0 aromatic carbocycles. The molecule has 0 saturated carbocycles. The maximum atomic E-state index is 9.55. The highest BCUT2D eigenvalue weighted by atomic mass is 16.3. The molecule has 3 heteroatoms. The van der Waals surface area contributed by atoms with Gasteiger partial charge in [-0.1, -0.05) is 0 Å². The Morgan fingerprint density at radius 2 is 2.12 bits per heavy atom. The van der Waals surface area contributed by atoms with Crippen molar-refractivity contribution in [2.24, 2.45) is 0 Å². The number of aryl methyl sites for hydroxylation is 2. The molecule has 1 aromatic heterocycles. The van der Waals surface area contributed by atoms with Crippen LogP contribution >= 0.6 is 0 Å². The fourth-order valence-electron chi connectivity index (χ4n) is 2.76. The molecule has 2 rings (SSSR count). The third kappa shape index (κ3) is 2.16. The molecule has 1 saturated heterocycles. The van der Waals surface area contributed by atoms with Crippen molar-refractivity contribution in [3.8, 4) is 0 Å². The van der Waals surface area contributed by atoms with Gasteiger partial charge in [-0.25, -0.2) is 4.98 Å². The Balaban J connectivity index is 2.51. The van der Waals surface area contributed by atoms with Gasteiger partial charge >= 0.3 is 0 Å². The summed E-state index contributed by atoms with van der Waals surface area (Å²) in [5.41, 5.74) is 3.29. The minimum Gasteiger partial charge on any atom is -0.392 e. The zero-order chi connectivity index (χ0) is 12.6. The number of aliphatic hydroxyl groups is 1. The summed E-state index contributed by atoms with van der Waals surface area (Å²) in [6.45, 7) is 9.67. The first kappa shape index (κ1) is 12.4. The van der Waals surface area contributed by atoms with E-state index in [1.165, 1.54) is 12.8 Å². The van der Waals surface area contributed by atoms with E-state index in [9.17, 15) is 5.11 Å². The highest BCUT2D eigenvalue weighted by Gasteiger charge is 2.34. The van der Waals surface area contributed by atoms with Gasteiger partial charge in [0.25, 0.3) is 0 Å². The summed E-state index contributed by atoms with van der Waals surface area (Å²) in [7, 11) is 0. The quantitative estimate of drug-likeness (QED) is 0.854. The lowest BCUT2D eigenvalue weighted by atomic mass is 10.0. The van der Waals surface area contributed by atoms with Crippen molar-refractivity contribution in [3.63, 3.8) is 0 Å². The average Bonchev–Trinajstić information content (AvgIpc) is 2.57. The molecule has 1 aliphatic heterocycles. The Hall–Kier alpha value is -1.09. The van der Waals surface area contributed by atoms with Crippen LogP contribution in [-0.4, -0.2) is 22.2 Å². The summed E-state index contributed by atoms with van der Waals surface area (Å²) in [5.74, 6) is 0.979. The van der Waals surface area contributed by atoms with E-state index >= 15 is 0 Å². The van der Waals surface area contributed by atoms with Crippen LogP contribution in [0.5, 0.6) is 0 Å². The summed E-state index contributed by atoms with van der Waals surface area (Å²) in [5, 5.41) is 9.55. The van der Waals surface area contributed by atoms with Gasteiger partial charge in [0.1, 0.15) is 5.82 Å². The van der Waals surface area contributed by atoms with Gasteiger partial charge in [-0.3, -0.25) is 0 Å². The number of aliphatic hydroxyl groups excluding tert-OH is 1. The van der Waals surface area contributed by atoms with Crippen LogP contribution in [0, 0.1) is 13.8 Å². The predicted molar refractivity (Wildman–Crippen MR) is 70.3 cm³/mol. The molecule has 1 aliphatic rings. The van der Waals surface area contributed by atoms with Gasteiger partial charge in [0, 0.05) is 23.3 Å². The third-order valence-electron chi connectivity index (χ3n) is 3.77. The Labute approximate surface area is 103 Å². The lowest BCUT2D eigenvalue weighted by Crippen LogP contribution is -2.39. The molecule has 0 unspecified atom stereocenters. The lowest BCUT2D eigenvalue weighted by Gasteiger charge is -2.34. The van der Waals surface area contributed by atoms with Crippen molar-refractivity contribution in [3.05, 3.63) is 22.9 Å². The Morgan fingerprint density at radius 3 is 2.65 bits per heavy atom. The van der Waals surface area contributed by atoms with E-state index in [4.69, 9.17) is 0 Å². The summed E-state index contributed by atoms with van der Waals surface area (Å²) >= 11 is 0. The molecule has 0 amide bonds. The molecule has 17 heavy (non-hydrogen) atoms. The Morgan fingerprint density at radius 1 is 1.41 bits per heavy atom. The van der Waals surface area contributed by atoms with Crippen LogP contribution in [0.25, 0.3) is 0 Å². The van der Waals surface area contributed by atoms with Crippen molar-refractivity contribution in [1.82, 2.24) is 4.98 Å². The van der Waals surface area contributed by atoms with E-state index in [1.807, 2.05) is 19.9 Å². The van der Waals surface area contributed by atoms with Gasteiger partial charge in [-0.15, -0.1) is 0 Å². The SMILES string of the molecule is Cc1cc(C)c(CO)c(N2CCCC2(C)C)n1. The second-order valence-corrected chi connectivity index (χ2v) is 5.61. The minimum atomic E-state index is 0.0705. The normalized spacial score (nSPS) is 18.8. The number of hydrogen-bond donors (Lipinski definition) is 1. The Bertz CT molecular complexity index is 426. The topological polar surface area (TPSA) is 36.4 Å².